The van der Waals surface area contributed by atoms with Crippen LogP contribution in [-0.4, -0.2) is 54.9 Å². The van der Waals surface area contributed by atoms with E-state index in [0.29, 0.717) is 48.2 Å². The highest BCUT2D eigenvalue weighted by molar-refractivity contribution is 6.74. The molecule has 1 aliphatic heterocycles. The summed E-state index contributed by atoms with van der Waals surface area (Å²) in [7, 11) is -1.86. The van der Waals surface area contributed by atoms with Crippen LogP contribution in [0.5, 0.6) is 5.88 Å². The molecule has 1 spiro atoms. The Morgan fingerprint density at radius 1 is 1.22 bits per heavy atom. The standard InChI is InChI=1S/C32H40N4O4Si/c1-21(2)39-29-22(17-33)15-23(18-34-29)30-35-19-27(40-30)25-9-8-10-26-24(25)11-12-32(26)16-28(37)36(20-32)13-14-38-41(6,7)31(3,4)5/h8-10,15,18-19,21H,11-14,16,20H2,1-7H3. The normalized spacial score (nSPS) is 18.8. The van der Waals surface area contributed by atoms with Gasteiger partial charge in [-0.25, -0.2) is 9.97 Å². The van der Waals surface area contributed by atoms with Crippen molar-refractivity contribution in [1.82, 2.24) is 14.9 Å². The summed E-state index contributed by atoms with van der Waals surface area (Å²) in [4.78, 5) is 24.0. The molecule has 41 heavy (non-hydrogen) atoms. The molecule has 1 atom stereocenters. The van der Waals surface area contributed by atoms with Gasteiger partial charge in [-0.15, -0.1) is 0 Å². The van der Waals surface area contributed by atoms with Crippen molar-refractivity contribution in [2.75, 3.05) is 19.7 Å². The molecule has 0 bridgehead atoms. The zero-order valence-electron chi connectivity index (χ0n) is 25.2. The number of likely N-dealkylation sites (tertiary alicyclic amines) is 1. The van der Waals surface area contributed by atoms with Crippen molar-refractivity contribution in [2.45, 2.75) is 83.5 Å². The summed E-state index contributed by atoms with van der Waals surface area (Å²) in [5.41, 5.74) is 4.23. The van der Waals surface area contributed by atoms with Crippen LogP contribution in [0.3, 0.4) is 0 Å². The highest BCUT2D eigenvalue weighted by Crippen LogP contribution is 2.49. The zero-order valence-corrected chi connectivity index (χ0v) is 26.2. The Hall–Kier alpha value is -3.48. The van der Waals surface area contributed by atoms with Gasteiger partial charge in [0.05, 0.1) is 24.5 Å². The van der Waals surface area contributed by atoms with Gasteiger partial charge < -0.3 is 18.5 Å². The highest BCUT2D eigenvalue weighted by Gasteiger charge is 2.48. The van der Waals surface area contributed by atoms with E-state index in [-0.39, 0.29) is 22.5 Å². The molecular formula is C32H40N4O4Si. The van der Waals surface area contributed by atoms with Gasteiger partial charge in [0, 0.05) is 36.7 Å². The topological polar surface area (TPSA) is 101 Å². The number of oxazole rings is 1. The van der Waals surface area contributed by atoms with Crippen molar-refractivity contribution in [3.63, 3.8) is 0 Å². The molecule has 3 heterocycles. The summed E-state index contributed by atoms with van der Waals surface area (Å²) >= 11 is 0. The van der Waals surface area contributed by atoms with E-state index in [0.717, 1.165) is 24.9 Å². The summed E-state index contributed by atoms with van der Waals surface area (Å²) in [5.74, 6) is 1.57. The van der Waals surface area contributed by atoms with Gasteiger partial charge in [0.15, 0.2) is 14.1 Å². The molecule has 1 amide bonds. The minimum Gasteiger partial charge on any atom is -0.474 e. The van der Waals surface area contributed by atoms with Gasteiger partial charge in [0.25, 0.3) is 0 Å². The van der Waals surface area contributed by atoms with Crippen LogP contribution in [0.15, 0.2) is 41.1 Å². The quantitative estimate of drug-likeness (QED) is 0.284. The fourth-order valence-electron chi connectivity index (χ4n) is 5.67. The van der Waals surface area contributed by atoms with Crippen LogP contribution in [-0.2, 0) is 21.1 Å². The van der Waals surface area contributed by atoms with E-state index in [1.807, 2.05) is 24.8 Å². The lowest BCUT2D eigenvalue weighted by Crippen LogP contribution is -2.43. The van der Waals surface area contributed by atoms with Crippen molar-refractivity contribution in [2.24, 2.45) is 0 Å². The lowest BCUT2D eigenvalue weighted by atomic mass is 9.80. The van der Waals surface area contributed by atoms with Gasteiger partial charge in [-0.1, -0.05) is 39.0 Å². The minimum atomic E-state index is -1.86. The third-order valence-corrected chi connectivity index (χ3v) is 13.4. The number of nitriles is 1. The zero-order chi connectivity index (χ0) is 29.6. The molecule has 1 aromatic carbocycles. The van der Waals surface area contributed by atoms with Gasteiger partial charge in [0.2, 0.25) is 17.7 Å². The number of fused-ring (bicyclic) bond motifs is 2. The number of amides is 1. The largest absolute Gasteiger partial charge is 0.474 e. The number of hydrogen-bond donors (Lipinski definition) is 0. The predicted molar refractivity (Wildman–Crippen MR) is 160 cm³/mol. The molecule has 1 fully saturated rings. The van der Waals surface area contributed by atoms with E-state index >= 15 is 0 Å². The Balaban J connectivity index is 1.35. The van der Waals surface area contributed by atoms with E-state index in [1.54, 1.807) is 18.5 Å². The smallest absolute Gasteiger partial charge is 0.231 e. The average molecular weight is 573 g/mol. The molecule has 9 heteroatoms. The fraction of sp³-hybridized carbons (Fsp3) is 0.500. The molecule has 1 aliphatic carbocycles. The Bertz CT molecular complexity index is 1500. The van der Waals surface area contributed by atoms with Gasteiger partial charge in [-0.2, -0.15) is 5.26 Å². The Kier molecular flexibility index (Phi) is 7.60. The predicted octanol–water partition coefficient (Wildman–Crippen LogP) is 6.50. The summed E-state index contributed by atoms with van der Waals surface area (Å²) in [6.45, 7) is 16.9. The summed E-state index contributed by atoms with van der Waals surface area (Å²) < 4.78 is 18.2. The van der Waals surface area contributed by atoms with Crippen molar-refractivity contribution < 1.29 is 18.4 Å². The van der Waals surface area contributed by atoms with Crippen LogP contribution in [0.25, 0.3) is 22.8 Å². The number of carbonyl (C=O) groups is 1. The van der Waals surface area contributed by atoms with Crippen LogP contribution in [0, 0.1) is 11.3 Å². The fourth-order valence-corrected chi connectivity index (χ4v) is 6.71. The van der Waals surface area contributed by atoms with Crippen LogP contribution in [0.2, 0.25) is 18.1 Å². The number of pyridine rings is 1. The maximum absolute atomic E-state index is 13.2. The molecule has 3 aromatic rings. The van der Waals surface area contributed by atoms with Crippen LogP contribution < -0.4 is 4.74 Å². The van der Waals surface area contributed by atoms with Crippen molar-refractivity contribution in [3.05, 3.63) is 53.3 Å². The molecule has 0 N–H and O–H groups in total. The molecular weight excluding hydrogens is 532 g/mol. The molecule has 5 rings (SSSR count). The lowest BCUT2D eigenvalue weighted by Gasteiger charge is -2.36. The molecule has 1 unspecified atom stereocenters. The van der Waals surface area contributed by atoms with Crippen LogP contribution >= 0.6 is 0 Å². The monoisotopic (exact) mass is 572 g/mol. The minimum absolute atomic E-state index is 0.0879. The first kappa shape index (κ1) is 29.0. The van der Waals surface area contributed by atoms with Gasteiger partial charge >= 0.3 is 0 Å². The average Bonchev–Trinajstić information content (AvgIpc) is 3.61. The summed E-state index contributed by atoms with van der Waals surface area (Å²) in [5, 5.41) is 9.74. The van der Waals surface area contributed by atoms with Gasteiger partial charge in [-0.3, -0.25) is 4.79 Å². The summed E-state index contributed by atoms with van der Waals surface area (Å²) in [6, 6.07) is 10.1. The van der Waals surface area contributed by atoms with Gasteiger partial charge in [0.1, 0.15) is 11.6 Å². The summed E-state index contributed by atoms with van der Waals surface area (Å²) in [6.07, 6.45) is 5.59. The number of nitrogens with zero attached hydrogens (tertiary/aromatic N) is 4. The van der Waals surface area contributed by atoms with Crippen LogP contribution in [0.1, 0.15) is 64.2 Å². The van der Waals surface area contributed by atoms with E-state index in [4.69, 9.17) is 13.6 Å². The molecule has 1 saturated heterocycles. The second-order valence-corrected chi connectivity index (χ2v) is 17.9. The number of ether oxygens (including phenoxy) is 1. The molecule has 0 saturated carbocycles. The lowest BCUT2D eigenvalue weighted by molar-refractivity contribution is -0.128. The number of aromatic nitrogens is 2. The first-order valence-electron chi connectivity index (χ1n) is 14.4. The van der Waals surface area contributed by atoms with E-state index < -0.39 is 8.32 Å². The molecule has 2 aliphatic rings. The van der Waals surface area contributed by atoms with E-state index in [2.05, 4.69) is 62.0 Å². The van der Waals surface area contributed by atoms with E-state index in [9.17, 15) is 10.1 Å². The first-order valence-corrected chi connectivity index (χ1v) is 17.3. The first-order chi connectivity index (χ1) is 19.3. The number of carbonyl (C=O) groups excluding carboxylic acids is 1. The maximum Gasteiger partial charge on any atom is 0.231 e. The number of benzene rings is 1. The van der Waals surface area contributed by atoms with Crippen molar-refractivity contribution in [1.29, 1.82) is 5.26 Å². The number of hydrogen-bond acceptors (Lipinski definition) is 7. The third-order valence-electron chi connectivity index (χ3n) is 8.90. The number of rotatable bonds is 8. The maximum atomic E-state index is 13.2. The van der Waals surface area contributed by atoms with Crippen molar-refractivity contribution in [3.8, 4) is 34.7 Å². The molecule has 2 aromatic heterocycles. The SMILES string of the molecule is CC(C)Oc1ncc(-c2ncc(-c3cccc4c3CCC43CC(=O)N(CCO[Si](C)(C)C(C)(C)C)C3)o2)cc1C#N. The van der Waals surface area contributed by atoms with Crippen molar-refractivity contribution >= 4 is 14.2 Å². The molecule has 8 nitrogen and oxygen atoms in total. The molecule has 0 radical (unpaired) electrons. The highest BCUT2D eigenvalue weighted by atomic mass is 28.4. The Morgan fingerprint density at radius 2 is 2.00 bits per heavy atom. The Morgan fingerprint density at radius 3 is 2.71 bits per heavy atom. The molecule has 216 valence electrons. The third kappa shape index (κ3) is 5.55. The second-order valence-electron chi connectivity index (χ2n) is 13.1. The second kappa shape index (κ2) is 10.7. The van der Waals surface area contributed by atoms with Crippen LogP contribution in [0.4, 0.5) is 0 Å². The Labute approximate surface area is 243 Å². The van der Waals surface area contributed by atoms with E-state index in [1.165, 1.54) is 11.1 Å². The van der Waals surface area contributed by atoms with Gasteiger partial charge in [-0.05, 0) is 62.0 Å².